The molecule has 0 saturated carbocycles. The number of carbonyl (C=O) groups excluding carboxylic acids is 1. The monoisotopic (exact) mass is 294 g/mol. The first-order valence-corrected chi connectivity index (χ1v) is 5.52. The number of alkyl halides is 2. The number of rotatable bonds is 6. The largest absolute Gasteiger partial charge is 0.434 e. The van der Waals surface area contributed by atoms with Gasteiger partial charge in [0.25, 0.3) is 0 Å². The molecular formula is C12H17ClF2N2O2. The number of benzene rings is 1. The lowest BCUT2D eigenvalue weighted by Gasteiger charge is -2.17. The van der Waals surface area contributed by atoms with E-state index in [1.54, 1.807) is 32.2 Å². The van der Waals surface area contributed by atoms with Gasteiger partial charge in [0.2, 0.25) is 5.91 Å². The van der Waals surface area contributed by atoms with Crippen LogP contribution in [0, 0.1) is 0 Å². The Morgan fingerprint density at radius 2 is 2.00 bits per heavy atom. The second-order valence-corrected chi connectivity index (χ2v) is 3.74. The second-order valence-electron chi connectivity index (χ2n) is 3.74. The summed E-state index contributed by atoms with van der Waals surface area (Å²) in [5, 5.41) is 5.39. The molecule has 0 aliphatic rings. The maximum atomic E-state index is 12.2. The van der Waals surface area contributed by atoms with Crippen LogP contribution in [-0.2, 0) is 4.79 Å². The quantitative estimate of drug-likeness (QED) is 0.845. The Balaban J connectivity index is 0.00000324. The van der Waals surface area contributed by atoms with Crippen molar-refractivity contribution in [3.63, 3.8) is 0 Å². The number of para-hydroxylation sites is 1. The highest BCUT2D eigenvalue weighted by molar-refractivity contribution is 5.85. The summed E-state index contributed by atoms with van der Waals surface area (Å²) in [4.78, 5) is 11.4. The molecule has 0 aromatic heterocycles. The number of carbonyl (C=O) groups is 1. The topological polar surface area (TPSA) is 50.4 Å². The number of halogens is 3. The number of hydrogen-bond acceptors (Lipinski definition) is 3. The third kappa shape index (κ3) is 5.85. The van der Waals surface area contributed by atoms with E-state index in [-0.39, 0.29) is 30.6 Å². The van der Waals surface area contributed by atoms with E-state index in [1.807, 2.05) is 0 Å². The van der Waals surface area contributed by atoms with E-state index in [4.69, 9.17) is 0 Å². The molecule has 108 valence electrons. The predicted octanol–water partition coefficient (Wildman–Crippen LogP) is 2.11. The van der Waals surface area contributed by atoms with Gasteiger partial charge in [0.15, 0.2) is 0 Å². The van der Waals surface area contributed by atoms with E-state index >= 15 is 0 Å². The fourth-order valence-electron chi connectivity index (χ4n) is 1.57. The van der Waals surface area contributed by atoms with Gasteiger partial charge in [-0.3, -0.25) is 4.79 Å². The number of nitrogens with one attached hydrogen (secondary N) is 2. The van der Waals surface area contributed by atoms with Gasteiger partial charge in [-0.25, -0.2) is 0 Å². The Labute approximate surface area is 116 Å². The number of likely N-dealkylation sites (N-methyl/N-ethyl adjacent to an activating group) is 1. The van der Waals surface area contributed by atoms with Crippen molar-refractivity contribution in [2.24, 2.45) is 0 Å². The predicted molar refractivity (Wildman–Crippen MR) is 70.8 cm³/mol. The summed E-state index contributed by atoms with van der Waals surface area (Å²) in [6.45, 7) is -1.00. The molecule has 1 atom stereocenters. The zero-order valence-corrected chi connectivity index (χ0v) is 11.5. The summed E-state index contributed by atoms with van der Waals surface area (Å²) >= 11 is 0. The van der Waals surface area contributed by atoms with E-state index in [2.05, 4.69) is 15.4 Å². The Morgan fingerprint density at radius 1 is 1.37 bits per heavy atom. The standard InChI is InChI=1S/C12H16F2N2O2.ClH/c1-8(16-11(17)7-15-2)9-5-3-4-6-10(9)18-12(13)14;/h3-6,8,12,15H,7H2,1-2H3,(H,16,17);1H. The number of hydrogen-bond donors (Lipinski definition) is 2. The SMILES string of the molecule is CNCC(=O)NC(C)c1ccccc1OC(F)F.Cl. The molecule has 2 N–H and O–H groups in total. The normalized spacial score (nSPS) is 11.6. The Bertz CT molecular complexity index is 405. The van der Waals surface area contributed by atoms with Crippen LogP contribution in [0.15, 0.2) is 24.3 Å². The van der Waals surface area contributed by atoms with Crippen LogP contribution < -0.4 is 15.4 Å². The second kappa shape index (κ2) is 8.66. The van der Waals surface area contributed by atoms with E-state index in [9.17, 15) is 13.6 Å². The van der Waals surface area contributed by atoms with Crippen molar-refractivity contribution in [1.82, 2.24) is 10.6 Å². The zero-order chi connectivity index (χ0) is 13.5. The lowest BCUT2D eigenvalue weighted by molar-refractivity contribution is -0.120. The molecular weight excluding hydrogens is 278 g/mol. The smallest absolute Gasteiger partial charge is 0.387 e. The van der Waals surface area contributed by atoms with Gasteiger partial charge < -0.3 is 15.4 Å². The van der Waals surface area contributed by atoms with Gasteiger partial charge in [0.1, 0.15) is 5.75 Å². The van der Waals surface area contributed by atoms with Crippen molar-refractivity contribution in [3.05, 3.63) is 29.8 Å². The average molecular weight is 295 g/mol. The molecule has 0 aliphatic carbocycles. The molecule has 0 saturated heterocycles. The summed E-state index contributed by atoms with van der Waals surface area (Å²) in [5.74, 6) is -0.137. The Hall–Kier alpha value is -1.40. The van der Waals surface area contributed by atoms with Crippen molar-refractivity contribution in [2.75, 3.05) is 13.6 Å². The summed E-state index contributed by atoms with van der Waals surface area (Å²) in [7, 11) is 1.65. The maximum Gasteiger partial charge on any atom is 0.387 e. The first kappa shape index (κ1) is 17.6. The molecule has 19 heavy (non-hydrogen) atoms. The summed E-state index contributed by atoms with van der Waals surface area (Å²) in [5.41, 5.74) is 0.516. The summed E-state index contributed by atoms with van der Waals surface area (Å²) in [6.07, 6.45) is 0. The first-order chi connectivity index (χ1) is 8.54. The average Bonchev–Trinajstić information content (AvgIpc) is 2.28. The fraction of sp³-hybridized carbons (Fsp3) is 0.417. The highest BCUT2D eigenvalue weighted by Gasteiger charge is 2.15. The van der Waals surface area contributed by atoms with Gasteiger partial charge in [0.05, 0.1) is 12.6 Å². The van der Waals surface area contributed by atoms with Crippen LogP contribution in [0.1, 0.15) is 18.5 Å². The highest BCUT2D eigenvalue weighted by Crippen LogP contribution is 2.26. The van der Waals surface area contributed by atoms with Crippen LogP contribution in [0.4, 0.5) is 8.78 Å². The molecule has 0 bridgehead atoms. The van der Waals surface area contributed by atoms with Gasteiger partial charge in [-0.15, -0.1) is 12.4 Å². The number of amides is 1. The molecule has 1 amide bonds. The van der Waals surface area contributed by atoms with Crippen LogP contribution in [0.2, 0.25) is 0 Å². The minimum Gasteiger partial charge on any atom is -0.434 e. The molecule has 1 aromatic carbocycles. The summed E-state index contributed by atoms with van der Waals surface area (Å²) < 4.78 is 28.9. The van der Waals surface area contributed by atoms with Gasteiger partial charge in [-0.05, 0) is 20.0 Å². The molecule has 0 heterocycles. The van der Waals surface area contributed by atoms with E-state index in [1.165, 1.54) is 6.07 Å². The van der Waals surface area contributed by atoms with Crippen molar-refractivity contribution >= 4 is 18.3 Å². The van der Waals surface area contributed by atoms with E-state index in [0.717, 1.165) is 0 Å². The lowest BCUT2D eigenvalue weighted by atomic mass is 10.1. The fourth-order valence-corrected chi connectivity index (χ4v) is 1.57. The lowest BCUT2D eigenvalue weighted by Crippen LogP contribution is -2.34. The third-order valence-corrected chi connectivity index (χ3v) is 2.32. The van der Waals surface area contributed by atoms with Crippen LogP contribution in [-0.4, -0.2) is 26.1 Å². The molecule has 1 rings (SSSR count). The van der Waals surface area contributed by atoms with Gasteiger partial charge in [-0.2, -0.15) is 8.78 Å². The van der Waals surface area contributed by atoms with Crippen molar-refractivity contribution < 1.29 is 18.3 Å². The van der Waals surface area contributed by atoms with E-state index in [0.29, 0.717) is 5.56 Å². The minimum atomic E-state index is -2.88. The summed E-state index contributed by atoms with van der Waals surface area (Å²) in [6, 6.07) is 5.99. The molecule has 0 spiro atoms. The van der Waals surface area contributed by atoms with Gasteiger partial charge in [0, 0.05) is 5.56 Å². The molecule has 0 aliphatic heterocycles. The zero-order valence-electron chi connectivity index (χ0n) is 10.7. The molecule has 1 unspecified atom stereocenters. The Morgan fingerprint density at radius 3 is 2.58 bits per heavy atom. The molecule has 0 radical (unpaired) electrons. The maximum absolute atomic E-state index is 12.2. The van der Waals surface area contributed by atoms with Crippen molar-refractivity contribution in [1.29, 1.82) is 0 Å². The van der Waals surface area contributed by atoms with Crippen molar-refractivity contribution in [3.8, 4) is 5.75 Å². The number of ether oxygens (including phenoxy) is 1. The highest BCUT2D eigenvalue weighted by atomic mass is 35.5. The Kier molecular flexibility index (Phi) is 8.02. The van der Waals surface area contributed by atoms with E-state index < -0.39 is 12.7 Å². The molecule has 1 aromatic rings. The van der Waals surface area contributed by atoms with Crippen LogP contribution in [0.3, 0.4) is 0 Å². The molecule has 0 fully saturated rings. The minimum absolute atomic E-state index is 0. The van der Waals surface area contributed by atoms with Crippen LogP contribution >= 0.6 is 12.4 Å². The first-order valence-electron chi connectivity index (χ1n) is 5.52. The molecule has 4 nitrogen and oxygen atoms in total. The third-order valence-electron chi connectivity index (χ3n) is 2.32. The van der Waals surface area contributed by atoms with Crippen molar-refractivity contribution in [2.45, 2.75) is 19.6 Å². The van der Waals surface area contributed by atoms with Gasteiger partial charge >= 0.3 is 6.61 Å². The van der Waals surface area contributed by atoms with Crippen LogP contribution in [0.25, 0.3) is 0 Å². The van der Waals surface area contributed by atoms with Crippen LogP contribution in [0.5, 0.6) is 5.75 Å². The molecule has 7 heteroatoms. The van der Waals surface area contributed by atoms with Gasteiger partial charge in [-0.1, -0.05) is 18.2 Å².